The van der Waals surface area contributed by atoms with Crippen LogP contribution < -0.4 is 5.32 Å². The van der Waals surface area contributed by atoms with Crippen LogP contribution >= 0.6 is 11.8 Å². The van der Waals surface area contributed by atoms with E-state index in [9.17, 15) is 17.6 Å². The van der Waals surface area contributed by atoms with E-state index in [-0.39, 0.29) is 16.7 Å². The number of carbonyl (C=O) groups is 1. The van der Waals surface area contributed by atoms with Gasteiger partial charge in [0.05, 0.1) is 10.8 Å². The fourth-order valence-electron chi connectivity index (χ4n) is 2.30. The molecule has 1 aliphatic heterocycles. The molecule has 0 unspecified atom stereocenters. The van der Waals surface area contributed by atoms with E-state index in [1.165, 1.54) is 28.2 Å². The first-order valence-corrected chi connectivity index (χ1v) is 9.71. The van der Waals surface area contributed by atoms with E-state index >= 15 is 0 Å². The number of benzene rings is 1. The number of halogens is 1. The monoisotopic (exact) mass is 344 g/mol. The van der Waals surface area contributed by atoms with Crippen molar-refractivity contribution in [2.45, 2.75) is 23.8 Å². The lowest BCUT2D eigenvalue weighted by molar-refractivity contribution is -0.123. The topological polar surface area (TPSA) is 66.5 Å². The number of hydrogen-bond acceptors (Lipinski definition) is 4. The zero-order valence-corrected chi connectivity index (χ0v) is 13.5. The summed E-state index contributed by atoms with van der Waals surface area (Å²) < 4.78 is 39.4. The average molecular weight is 344 g/mol. The highest BCUT2D eigenvalue weighted by molar-refractivity contribution is 8.00. The number of amides is 1. The highest BCUT2D eigenvalue weighted by atomic mass is 32.2. The Kier molecular flexibility index (Phi) is 4.42. The van der Waals surface area contributed by atoms with E-state index in [4.69, 9.17) is 0 Å². The summed E-state index contributed by atoms with van der Waals surface area (Å²) in [4.78, 5) is 12.2. The molecule has 1 atom stereocenters. The molecule has 0 aromatic heterocycles. The van der Waals surface area contributed by atoms with Gasteiger partial charge in [-0.25, -0.2) is 12.8 Å². The van der Waals surface area contributed by atoms with Crippen LogP contribution in [0.15, 0.2) is 29.2 Å². The van der Waals surface area contributed by atoms with E-state index in [1.54, 1.807) is 0 Å². The van der Waals surface area contributed by atoms with Gasteiger partial charge in [-0.2, -0.15) is 4.31 Å². The van der Waals surface area contributed by atoms with Crippen LogP contribution in [0.25, 0.3) is 0 Å². The van der Waals surface area contributed by atoms with Crippen LogP contribution in [0.1, 0.15) is 12.8 Å². The van der Waals surface area contributed by atoms with Crippen molar-refractivity contribution in [3.63, 3.8) is 0 Å². The number of thioether (sulfide) groups is 1. The van der Waals surface area contributed by atoms with Gasteiger partial charge in [0.2, 0.25) is 15.9 Å². The second-order valence-electron chi connectivity index (χ2n) is 5.55. The van der Waals surface area contributed by atoms with Gasteiger partial charge in [-0.1, -0.05) is 0 Å². The van der Waals surface area contributed by atoms with Crippen LogP contribution in [-0.2, 0) is 14.8 Å². The first-order valence-electron chi connectivity index (χ1n) is 7.11. The van der Waals surface area contributed by atoms with Gasteiger partial charge in [-0.15, -0.1) is 11.8 Å². The molecule has 3 rings (SSSR count). The quantitative estimate of drug-likeness (QED) is 0.877. The second-order valence-corrected chi connectivity index (χ2v) is 8.44. The fourth-order valence-corrected chi connectivity index (χ4v) is 5.45. The number of hydrogen-bond donors (Lipinski definition) is 1. The summed E-state index contributed by atoms with van der Waals surface area (Å²) >= 11 is 1.41. The molecule has 120 valence electrons. The Balaban J connectivity index is 1.75. The molecule has 22 heavy (non-hydrogen) atoms. The Morgan fingerprint density at radius 1 is 1.32 bits per heavy atom. The van der Waals surface area contributed by atoms with E-state index in [0.29, 0.717) is 18.2 Å². The molecule has 0 spiro atoms. The predicted octanol–water partition coefficient (Wildman–Crippen LogP) is 1.42. The summed E-state index contributed by atoms with van der Waals surface area (Å²) in [5.41, 5.74) is 0. The predicted molar refractivity (Wildman–Crippen MR) is 82.3 cm³/mol. The van der Waals surface area contributed by atoms with Crippen LogP contribution in [-0.4, -0.2) is 42.8 Å². The van der Waals surface area contributed by atoms with E-state index in [2.05, 4.69) is 5.32 Å². The lowest BCUT2D eigenvalue weighted by Gasteiger charge is -2.22. The maximum atomic E-state index is 13.0. The van der Waals surface area contributed by atoms with Crippen molar-refractivity contribution in [2.24, 2.45) is 5.92 Å². The Morgan fingerprint density at radius 2 is 2.00 bits per heavy atom. The third kappa shape index (κ3) is 3.28. The molecule has 1 heterocycles. The van der Waals surface area contributed by atoms with Crippen molar-refractivity contribution in [2.75, 3.05) is 18.2 Å². The summed E-state index contributed by atoms with van der Waals surface area (Å²) in [5, 5.41) is 2.83. The van der Waals surface area contributed by atoms with Crippen LogP contribution in [0.2, 0.25) is 0 Å². The highest BCUT2D eigenvalue weighted by Crippen LogP contribution is 2.30. The number of sulfonamides is 1. The van der Waals surface area contributed by atoms with Crippen LogP contribution in [0.4, 0.5) is 4.39 Å². The van der Waals surface area contributed by atoms with Gasteiger partial charge in [0, 0.05) is 12.3 Å². The third-order valence-electron chi connectivity index (χ3n) is 3.83. The molecule has 1 aromatic rings. The summed E-state index contributed by atoms with van der Waals surface area (Å²) in [6.45, 7) is 0.616. The van der Waals surface area contributed by atoms with Crippen molar-refractivity contribution in [1.82, 2.24) is 9.62 Å². The van der Waals surface area contributed by atoms with Crippen molar-refractivity contribution in [3.05, 3.63) is 30.1 Å². The third-order valence-corrected chi connectivity index (χ3v) is 6.87. The maximum Gasteiger partial charge on any atom is 0.244 e. The van der Waals surface area contributed by atoms with Crippen molar-refractivity contribution in [3.8, 4) is 0 Å². The minimum absolute atomic E-state index is 0.0105. The van der Waals surface area contributed by atoms with Gasteiger partial charge < -0.3 is 5.32 Å². The normalized spacial score (nSPS) is 22.7. The Hall–Kier alpha value is -1.12. The van der Waals surface area contributed by atoms with Crippen LogP contribution in [0.3, 0.4) is 0 Å². The molecule has 1 saturated heterocycles. The Bertz CT molecular complexity index is 659. The molecule has 2 aliphatic rings. The summed E-state index contributed by atoms with van der Waals surface area (Å²) in [7, 11) is -3.79. The summed E-state index contributed by atoms with van der Waals surface area (Å²) in [6, 6.07) is 3.98. The highest BCUT2D eigenvalue weighted by Gasteiger charge is 2.40. The first kappa shape index (κ1) is 15.8. The molecule has 1 N–H and O–H groups in total. The number of nitrogens with one attached hydrogen (secondary N) is 1. The zero-order valence-electron chi connectivity index (χ0n) is 11.9. The molecular formula is C14H17FN2O3S2. The molecule has 1 saturated carbocycles. The van der Waals surface area contributed by atoms with Gasteiger partial charge >= 0.3 is 0 Å². The minimum Gasteiger partial charge on any atom is -0.354 e. The second kappa shape index (κ2) is 6.17. The Morgan fingerprint density at radius 3 is 2.64 bits per heavy atom. The average Bonchev–Trinajstić information content (AvgIpc) is 3.18. The van der Waals surface area contributed by atoms with E-state index in [0.717, 1.165) is 25.0 Å². The zero-order chi connectivity index (χ0) is 15.7. The molecule has 1 aliphatic carbocycles. The molecule has 5 nitrogen and oxygen atoms in total. The smallest absolute Gasteiger partial charge is 0.244 e. The summed E-state index contributed by atoms with van der Waals surface area (Å²) in [5.74, 6) is 0.481. The summed E-state index contributed by atoms with van der Waals surface area (Å²) in [6.07, 6.45) is 2.24. The first-order chi connectivity index (χ1) is 10.5. The maximum absolute atomic E-state index is 13.0. The van der Waals surface area contributed by atoms with Crippen molar-refractivity contribution in [1.29, 1.82) is 0 Å². The fraction of sp³-hybridized carbons (Fsp3) is 0.500. The van der Waals surface area contributed by atoms with Gasteiger partial charge in [-0.3, -0.25) is 4.79 Å². The Labute approximate surface area is 133 Å². The molecule has 8 heteroatoms. The van der Waals surface area contributed by atoms with Crippen LogP contribution in [0.5, 0.6) is 0 Å². The lowest BCUT2D eigenvalue weighted by Crippen LogP contribution is -2.47. The SMILES string of the molecule is O=C(NCC1CC1)[C@@H]1CSCN1S(=O)(=O)c1ccc(F)cc1. The van der Waals surface area contributed by atoms with Crippen LogP contribution in [0, 0.1) is 11.7 Å². The van der Waals surface area contributed by atoms with Gasteiger partial charge in [0.25, 0.3) is 0 Å². The lowest BCUT2D eigenvalue weighted by atomic mass is 10.3. The molecule has 1 aromatic carbocycles. The van der Waals surface area contributed by atoms with Gasteiger partial charge in [-0.05, 0) is 43.0 Å². The number of carbonyl (C=O) groups excluding carboxylic acids is 1. The standard InChI is InChI=1S/C14H17FN2O3S2/c15-11-3-5-12(6-4-11)22(19,20)17-9-21-8-13(17)14(18)16-7-10-1-2-10/h3-6,10,13H,1-2,7-9H2,(H,16,18)/t13-/m0/s1. The van der Waals surface area contributed by atoms with E-state index < -0.39 is 21.9 Å². The molecule has 1 amide bonds. The van der Waals surface area contributed by atoms with Crippen molar-refractivity contribution >= 4 is 27.7 Å². The van der Waals surface area contributed by atoms with Gasteiger partial charge in [0.1, 0.15) is 11.9 Å². The largest absolute Gasteiger partial charge is 0.354 e. The number of rotatable bonds is 5. The molecular weight excluding hydrogens is 327 g/mol. The molecule has 2 fully saturated rings. The van der Waals surface area contributed by atoms with Crippen molar-refractivity contribution < 1.29 is 17.6 Å². The van der Waals surface area contributed by atoms with Gasteiger partial charge in [0.15, 0.2) is 0 Å². The van der Waals surface area contributed by atoms with E-state index in [1.807, 2.05) is 0 Å². The molecule has 0 radical (unpaired) electrons. The minimum atomic E-state index is -3.79. The number of nitrogens with zero attached hydrogens (tertiary/aromatic N) is 1. The molecule has 0 bridgehead atoms.